The third-order valence-corrected chi connectivity index (χ3v) is 13.7. The smallest absolute Gasteiger partial charge is 0.337 e. The number of nitrogens with zero attached hydrogens (tertiary/aromatic N) is 2. The minimum absolute atomic E-state index is 0. The number of Topliss-reactive ketones (excluding diaryl/α,β-unsaturated/α-hetero) is 1. The van der Waals surface area contributed by atoms with Crippen molar-refractivity contribution in [2.24, 2.45) is 5.73 Å². The molecule has 4 aromatic carbocycles. The Morgan fingerprint density at radius 3 is 1.41 bits per heavy atom. The van der Waals surface area contributed by atoms with E-state index in [1.807, 2.05) is 39.8 Å². The molecule has 0 atom stereocenters. The molecule has 4 heterocycles. The van der Waals surface area contributed by atoms with Crippen molar-refractivity contribution < 1.29 is 31.5 Å². The van der Waals surface area contributed by atoms with Gasteiger partial charge in [-0.15, -0.1) is 0 Å². The maximum absolute atomic E-state index is 13.2. The molecule has 8 aromatic rings. The van der Waals surface area contributed by atoms with Crippen molar-refractivity contribution in [3.05, 3.63) is 199 Å². The van der Waals surface area contributed by atoms with E-state index in [9.17, 15) is 41.1 Å². The Labute approximate surface area is 370 Å². The summed E-state index contributed by atoms with van der Waals surface area (Å²) in [4.78, 5) is 53.5. The van der Waals surface area contributed by atoms with Gasteiger partial charge in [-0.05, 0) is 93.8 Å². The molecular weight excluding hydrogens is 855 g/mol. The third-order valence-electron chi connectivity index (χ3n) is 10.3. The Morgan fingerprint density at radius 2 is 0.984 bits per heavy atom. The van der Waals surface area contributed by atoms with Crippen LogP contribution in [0.25, 0.3) is 21.8 Å². The average Bonchev–Trinajstić information content (AvgIpc) is 3.85. The van der Waals surface area contributed by atoms with Gasteiger partial charge in [0, 0.05) is 64.2 Å². The average molecular weight is 904 g/mol. The molecule has 0 saturated carbocycles. The molecule has 0 radical (unpaired) electrons. The SMILES string of the molecule is C.Cc1cc(C)c(CCC(=O)c2cn(S(=O)(=O)c3ccccc3)c3ccccc23)c(=O)[nH]1.Cc1cc(C)c(CN)c(=O)[nH]1.O=C(O)c1cn(S(=O)(=O)c2ccccc2)c2ccccc12. The number of fused-ring (bicyclic) bond motifs is 2. The summed E-state index contributed by atoms with van der Waals surface area (Å²) in [6.45, 7) is 7.71. The number of carbonyl (C=O) groups is 2. The Kier molecular flexibility index (Phi) is 14.9. The van der Waals surface area contributed by atoms with Crippen LogP contribution >= 0.6 is 0 Å². The van der Waals surface area contributed by atoms with Gasteiger partial charge in [-0.3, -0.25) is 14.4 Å². The number of pyridine rings is 2. The highest BCUT2D eigenvalue weighted by Gasteiger charge is 2.25. The standard InChI is InChI=1S/C24H22N2O4S.C15H11NO4S.C8H12N2O.CH4/c1-16-14-17(2)25-24(28)19(16)12-13-23(27)21-15-26(22-11-7-6-10-20(21)22)31(29,30)18-8-4-3-5-9-18;17-15(18)13-10-16(14-9-5-4-8-12(13)14)21(19,20)11-6-2-1-3-7-11;1-5-3-6(2)10-8(11)7(5)4-9;/h3-11,14-15H,12-13H2,1-2H3,(H,25,28);1-10H,(H,17,18);3H,4,9H2,1-2H3,(H,10,11);1H4. The number of nitrogens with one attached hydrogen (secondary N) is 2. The summed E-state index contributed by atoms with van der Waals surface area (Å²) in [6, 6.07) is 33.3. The molecule has 0 saturated heterocycles. The third kappa shape index (κ3) is 10.0. The highest BCUT2D eigenvalue weighted by atomic mass is 32.2. The molecule has 14 nitrogen and oxygen atoms in total. The van der Waals surface area contributed by atoms with Gasteiger partial charge >= 0.3 is 5.97 Å². The number of ketones is 1. The van der Waals surface area contributed by atoms with E-state index >= 15 is 0 Å². The molecule has 0 bridgehead atoms. The maximum Gasteiger partial charge on any atom is 0.337 e. The molecule has 5 N–H and O–H groups in total. The number of aromatic amines is 2. The number of hydrogen-bond acceptors (Lipinski definition) is 9. The van der Waals surface area contributed by atoms with Crippen LogP contribution in [-0.2, 0) is 33.0 Å². The summed E-state index contributed by atoms with van der Waals surface area (Å²) in [6.07, 6.45) is 2.93. The van der Waals surface area contributed by atoms with Crippen molar-refractivity contribution >= 4 is 53.6 Å². The highest BCUT2D eigenvalue weighted by Crippen LogP contribution is 2.28. The number of aryl methyl sites for hydroxylation is 4. The molecular formula is C48H49N5O9S2. The lowest BCUT2D eigenvalue weighted by Gasteiger charge is -2.07. The molecule has 0 amide bonds. The van der Waals surface area contributed by atoms with Gasteiger partial charge in [0.1, 0.15) is 0 Å². The lowest BCUT2D eigenvalue weighted by Crippen LogP contribution is -2.18. The molecule has 4 aromatic heterocycles. The summed E-state index contributed by atoms with van der Waals surface area (Å²) < 4.78 is 53.9. The number of rotatable bonds is 10. The van der Waals surface area contributed by atoms with Gasteiger partial charge in [0.2, 0.25) is 0 Å². The fraction of sp³-hybridized carbons (Fsp3) is 0.167. The number of hydrogen-bond donors (Lipinski definition) is 4. The first-order valence-electron chi connectivity index (χ1n) is 19.6. The van der Waals surface area contributed by atoms with Crippen LogP contribution in [0.1, 0.15) is 68.2 Å². The van der Waals surface area contributed by atoms with Crippen molar-refractivity contribution in [1.82, 2.24) is 17.9 Å². The quantitative estimate of drug-likeness (QED) is 0.0981. The second kappa shape index (κ2) is 19.9. The summed E-state index contributed by atoms with van der Waals surface area (Å²) in [7, 11) is -7.68. The van der Waals surface area contributed by atoms with E-state index in [2.05, 4.69) is 9.97 Å². The zero-order chi connectivity index (χ0) is 45.6. The minimum Gasteiger partial charge on any atom is -0.478 e. The van der Waals surface area contributed by atoms with Crippen LogP contribution in [0.5, 0.6) is 0 Å². The first-order chi connectivity index (χ1) is 29.9. The molecule has 0 aliphatic heterocycles. The van der Waals surface area contributed by atoms with Crippen LogP contribution in [0.4, 0.5) is 0 Å². The number of carboxylic acid groups (broad SMARTS) is 1. The van der Waals surface area contributed by atoms with E-state index in [-0.39, 0.29) is 52.5 Å². The first-order valence-corrected chi connectivity index (χ1v) is 22.5. The number of para-hydroxylation sites is 2. The van der Waals surface area contributed by atoms with Crippen LogP contribution in [0.2, 0.25) is 0 Å². The van der Waals surface area contributed by atoms with Crippen LogP contribution < -0.4 is 16.9 Å². The molecule has 0 aliphatic rings. The predicted octanol–water partition coefficient (Wildman–Crippen LogP) is 7.66. The molecule has 0 unspecified atom stereocenters. The first kappa shape index (κ1) is 47.9. The second-order valence-corrected chi connectivity index (χ2v) is 18.3. The summed E-state index contributed by atoms with van der Waals surface area (Å²) in [5.74, 6) is -1.37. The largest absolute Gasteiger partial charge is 0.478 e. The van der Waals surface area contributed by atoms with Crippen molar-refractivity contribution in [2.45, 2.75) is 64.3 Å². The van der Waals surface area contributed by atoms with E-state index in [0.29, 0.717) is 45.0 Å². The fourth-order valence-electron chi connectivity index (χ4n) is 7.20. The Bertz CT molecular complexity index is 3330. The van der Waals surface area contributed by atoms with Crippen LogP contribution in [-0.4, -0.2) is 51.6 Å². The van der Waals surface area contributed by atoms with Gasteiger partial charge in [-0.1, -0.05) is 80.2 Å². The number of H-pyrrole nitrogens is 2. The monoisotopic (exact) mass is 903 g/mol. The van der Waals surface area contributed by atoms with E-state index in [0.717, 1.165) is 36.7 Å². The van der Waals surface area contributed by atoms with E-state index < -0.39 is 26.0 Å². The topological polar surface area (TPSA) is 224 Å². The molecule has 0 aliphatic carbocycles. The van der Waals surface area contributed by atoms with E-state index in [1.54, 1.807) is 84.9 Å². The lowest BCUT2D eigenvalue weighted by atomic mass is 10.0. The Balaban J connectivity index is 0.000000201. The predicted molar refractivity (Wildman–Crippen MR) is 249 cm³/mol. The van der Waals surface area contributed by atoms with Gasteiger partial charge in [0.15, 0.2) is 5.78 Å². The van der Waals surface area contributed by atoms with Crippen molar-refractivity contribution in [1.29, 1.82) is 0 Å². The van der Waals surface area contributed by atoms with E-state index in [1.165, 1.54) is 30.5 Å². The maximum atomic E-state index is 13.2. The summed E-state index contributed by atoms with van der Waals surface area (Å²) in [5, 5.41) is 10.2. The van der Waals surface area contributed by atoms with Crippen molar-refractivity contribution in [2.75, 3.05) is 0 Å². The number of carboxylic acids is 1. The number of aromatic nitrogens is 4. The van der Waals surface area contributed by atoms with Crippen molar-refractivity contribution in [3.63, 3.8) is 0 Å². The highest BCUT2D eigenvalue weighted by molar-refractivity contribution is 7.90. The summed E-state index contributed by atoms with van der Waals surface area (Å²) >= 11 is 0. The van der Waals surface area contributed by atoms with Gasteiger partial charge in [-0.2, -0.15) is 0 Å². The van der Waals surface area contributed by atoms with Crippen molar-refractivity contribution in [3.8, 4) is 0 Å². The normalized spacial score (nSPS) is 11.2. The summed E-state index contributed by atoms with van der Waals surface area (Å²) in [5.41, 5.74) is 10.9. The van der Waals surface area contributed by atoms with Gasteiger partial charge in [0.25, 0.3) is 31.2 Å². The number of nitrogens with two attached hydrogens (primary N) is 1. The second-order valence-electron chi connectivity index (χ2n) is 14.7. The molecule has 332 valence electrons. The molecule has 0 spiro atoms. The zero-order valence-corrected chi connectivity index (χ0v) is 36.5. The zero-order valence-electron chi connectivity index (χ0n) is 34.8. The Morgan fingerprint density at radius 1 is 0.594 bits per heavy atom. The molecule has 16 heteroatoms. The van der Waals surface area contributed by atoms with Gasteiger partial charge in [-0.25, -0.2) is 29.6 Å². The fourth-order valence-corrected chi connectivity index (χ4v) is 9.98. The van der Waals surface area contributed by atoms with Crippen LogP contribution in [0.3, 0.4) is 0 Å². The number of carbonyl (C=O) groups excluding carboxylic acids is 1. The van der Waals surface area contributed by atoms with E-state index in [4.69, 9.17) is 5.73 Å². The number of aromatic carboxylic acids is 1. The lowest BCUT2D eigenvalue weighted by molar-refractivity contribution is 0.0698. The molecule has 64 heavy (non-hydrogen) atoms. The number of benzene rings is 4. The Hall–Kier alpha value is -7.14. The van der Waals surface area contributed by atoms with Crippen LogP contribution in [0, 0.1) is 27.7 Å². The van der Waals surface area contributed by atoms with Gasteiger partial charge in [0.05, 0.1) is 26.4 Å². The molecule has 8 rings (SSSR count). The van der Waals surface area contributed by atoms with Crippen LogP contribution in [0.15, 0.2) is 153 Å². The van der Waals surface area contributed by atoms with Gasteiger partial charge < -0.3 is 20.8 Å². The minimum atomic E-state index is -3.85. The molecule has 0 fully saturated rings.